The maximum absolute atomic E-state index is 13.4. The molecule has 0 aliphatic rings. The van der Waals surface area contributed by atoms with E-state index in [1.165, 1.54) is 24.3 Å². The molecule has 2 aromatic carbocycles. The second-order valence-electron chi connectivity index (χ2n) is 4.63. The van der Waals surface area contributed by atoms with Crippen LogP contribution in [0.4, 0.5) is 23.7 Å². The standard InChI is InChI=1S/C15H12ClF3N2O2/c16-9-5-4-8(6-11(9)18)13(22)7-20-15(23)21-12-3-1-2-10(17)14(12)19/h1-6,13,22H,7H2,(H2,20,21,23). The third-order valence-corrected chi connectivity index (χ3v) is 3.29. The van der Waals surface area contributed by atoms with Gasteiger partial charge in [0.2, 0.25) is 0 Å². The lowest BCUT2D eigenvalue weighted by Crippen LogP contribution is -2.32. The van der Waals surface area contributed by atoms with Gasteiger partial charge in [0.1, 0.15) is 5.82 Å². The Labute approximate surface area is 134 Å². The lowest BCUT2D eigenvalue weighted by atomic mass is 10.1. The molecule has 1 atom stereocenters. The fourth-order valence-electron chi connectivity index (χ4n) is 1.79. The molecule has 0 spiro atoms. The topological polar surface area (TPSA) is 61.4 Å². The van der Waals surface area contributed by atoms with Gasteiger partial charge in [0.25, 0.3) is 0 Å². The number of urea groups is 1. The Balaban J connectivity index is 1.93. The van der Waals surface area contributed by atoms with Gasteiger partial charge in [-0.3, -0.25) is 0 Å². The number of nitrogens with one attached hydrogen (secondary N) is 2. The third-order valence-electron chi connectivity index (χ3n) is 2.98. The van der Waals surface area contributed by atoms with Crippen molar-refractivity contribution in [3.63, 3.8) is 0 Å². The molecule has 4 nitrogen and oxygen atoms in total. The molecular weight excluding hydrogens is 333 g/mol. The van der Waals surface area contributed by atoms with Crippen molar-refractivity contribution in [2.24, 2.45) is 0 Å². The summed E-state index contributed by atoms with van der Waals surface area (Å²) in [6, 6.07) is 6.21. The lowest BCUT2D eigenvalue weighted by molar-refractivity contribution is 0.174. The number of carbonyl (C=O) groups is 1. The summed E-state index contributed by atoms with van der Waals surface area (Å²) < 4.78 is 39.7. The summed E-state index contributed by atoms with van der Waals surface area (Å²) in [5, 5.41) is 14.1. The molecule has 0 bridgehead atoms. The summed E-state index contributed by atoms with van der Waals surface area (Å²) in [4.78, 5) is 11.6. The van der Waals surface area contributed by atoms with Crippen molar-refractivity contribution in [3.8, 4) is 0 Å². The number of carbonyl (C=O) groups excluding carboxylic acids is 1. The summed E-state index contributed by atoms with van der Waals surface area (Å²) in [6.45, 7) is -0.260. The van der Waals surface area contributed by atoms with Crippen LogP contribution in [0.3, 0.4) is 0 Å². The van der Waals surface area contributed by atoms with Gasteiger partial charge in [-0.15, -0.1) is 0 Å². The van der Waals surface area contributed by atoms with E-state index in [4.69, 9.17) is 11.6 Å². The highest BCUT2D eigenvalue weighted by molar-refractivity contribution is 6.30. The van der Waals surface area contributed by atoms with Crippen LogP contribution in [0.15, 0.2) is 36.4 Å². The molecule has 3 N–H and O–H groups in total. The average Bonchev–Trinajstić information content (AvgIpc) is 2.52. The SMILES string of the molecule is O=C(NCC(O)c1ccc(Cl)c(F)c1)Nc1cccc(F)c1F. The zero-order valence-electron chi connectivity index (χ0n) is 11.6. The van der Waals surface area contributed by atoms with Gasteiger partial charge in [-0.2, -0.15) is 0 Å². The van der Waals surface area contributed by atoms with Gasteiger partial charge >= 0.3 is 6.03 Å². The van der Waals surface area contributed by atoms with Crippen molar-refractivity contribution in [1.29, 1.82) is 0 Å². The predicted molar refractivity (Wildman–Crippen MR) is 79.7 cm³/mol. The minimum absolute atomic E-state index is 0.0896. The quantitative estimate of drug-likeness (QED) is 0.793. The van der Waals surface area contributed by atoms with Gasteiger partial charge in [0.05, 0.1) is 16.8 Å². The third kappa shape index (κ3) is 4.37. The van der Waals surface area contributed by atoms with Crippen molar-refractivity contribution in [1.82, 2.24) is 5.32 Å². The molecule has 2 amide bonds. The predicted octanol–water partition coefficient (Wildman–Crippen LogP) is 3.61. The van der Waals surface area contributed by atoms with Crippen LogP contribution in [-0.4, -0.2) is 17.7 Å². The van der Waals surface area contributed by atoms with Gasteiger partial charge < -0.3 is 15.7 Å². The number of hydrogen-bond acceptors (Lipinski definition) is 2. The van der Waals surface area contributed by atoms with E-state index in [9.17, 15) is 23.1 Å². The molecule has 0 fully saturated rings. The molecule has 2 rings (SSSR count). The normalized spacial score (nSPS) is 11.9. The summed E-state index contributed by atoms with van der Waals surface area (Å²) in [7, 11) is 0. The molecule has 0 saturated carbocycles. The Morgan fingerprint density at radius 1 is 1.17 bits per heavy atom. The van der Waals surface area contributed by atoms with Gasteiger partial charge in [-0.1, -0.05) is 23.7 Å². The van der Waals surface area contributed by atoms with Crippen LogP contribution in [0, 0.1) is 17.5 Å². The molecule has 1 unspecified atom stereocenters. The van der Waals surface area contributed by atoms with E-state index in [2.05, 4.69) is 10.6 Å². The zero-order chi connectivity index (χ0) is 17.0. The highest BCUT2D eigenvalue weighted by Crippen LogP contribution is 2.20. The molecule has 23 heavy (non-hydrogen) atoms. The molecular formula is C15H12ClF3N2O2. The van der Waals surface area contributed by atoms with Crippen molar-refractivity contribution in [2.45, 2.75) is 6.10 Å². The van der Waals surface area contributed by atoms with Gasteiger partial charge in [0, 0.05) is 6.54 Å². The molecule has 0 heterocycles. The van der Waals surface area contributed by atoms with E-state index < -0.39 is 29.6 Å². The molecule has 0 aliphatic heterocycles. The fraction of sp³-hybridized carbons (Fsp3) is 0.133. The van der Waals surface area contributed by atoms with Crippen LogP contribution in [0.25, 0.3) is 0 Å². The number of aliphatic hydroxyl groups is 1. The molecule has 0 aliphatic carbocycles. The fourth-order valence-corrected chi connectivity index (χ4v) is 1.91. The Hall–Kier alpha value is -2.25. The number of rotatable bonds is 4. The van der Waals surface area contributed by atoms with Crippen LogP contribution < -0.4 is 10.6 Å². The van der Waals surface area contributed by atoms with Crippen molar-refractivity contribution in [2.75, 3.05) is 11.9 Å². The Morgan fingerprint density at radius 2 is 1.91 bits per heavy atom. The number of hydrogen-bond donors (Lipinski definition) is 3. The van der Waals surface area contributed by atoms with Crippen LogP contribution >= 0.6 is 11.6 Å². The van der Waals surface area contributed by atoms with E-state index in [1.54, 1.807) is 0 Å². The minimum Gasteiger partial charge on any atom is -0.387 e. The molecule has 0 saturated heterocycles. The van der Waals surface area contributed by atoms with Crippen LogP contribution in [0.5, 0.6) is 0 Å². The summed E-state index contributed by atoms with van der Waals surface area (Å²) in [6.07, 6.45) is -1.19. The van der Waals surface area contributed by atoms with Gasteiger partial charge in [0.15, 0.2) is 11.6 Å². The number of anilines is 1. The first-order chi connectivity index (χ1) is 10.9. The van der Waals surface area contributed by atoms with E-state index in [0.29, 0.717) is 0 Å². The van der Waals surface area contributed by atoms with E-state index in [0.717, 1.165) is 12.1 Å². The highest BCUT2D eigenvalue weighted by Gasteiger charge is 2.14. The number of benzene rings is 2. The van der Waals surface area contributed by atoms with Crippen molar-refractivity contribution >= 4 is 23.3 Å². The number of halogens is 4. The lowest BCUT2D eigenvalue weighted by Gasteiger charge is -2.13. The van der Waals surface area contributed by atoms with Gasteiger partial charge in [-0.25, -0.2) is 18.0 Å². The first-order valence-electron chi connectivity index (χ1n) is 6.50. The number of amides is 2. The molecule has 8 heteroatoms. The molecule has 0 aromatic heterocycles. The van der Waals surface area contributed by atoms with Crippen molar-refractivity contribution < 1.29 is 23.1 Å². The molecule has 0 radical (unpaired) electrons. The van der Waals surface area contributed by atoms with Crippen LogP contribution in [0.2, 0.25) is 5.02 Å². The van der Waals surface area contributed by atoms with E-state index in [-0.39, 0.29) is 22.8 Å². The first-order valence-corrected chi connectivity index (χ1v) is 6.88. The molecule has 2 aromatic rings. The maximum atomic E-state index is 13.4. The van der Waals surface area contributed by atoms with Crippen LogP contribution in [-0.2, 0) is 0 Å². The largest absolute Gasteiger partial charge is 0.387 e. The van der Waals surface area contributed by atoms with Gasteiger partial charge in [-0.05, 0) is 29.8 Å². The highest BCUT2D eigenvalue weighted by atomic mass is 35.5. The number of aliphatic hydroxyl groups excluding tert-OH is 1. The first kappa shape index (κ1) is 17.1. The smallest absolute Gasteiger partial charge is 0.319 e. The Kier molecular flexibility index (Phi) is 5.46. The summed E-state index contributed by atoms with van der Waals surface area (Å²) in [5.41, 5.74) is -0.126. The Bertz CT molecular complexity index is 728. The maximum Gasteiger partial charge on any atom is 0.319 e. The monoisotopic (exact) mass is 344 g/mol. The average molecular weight is 345 g/mol. The molecule has 122 valence electrons. The van der Waals surface area contributed by atoms with E-state index >= 15 is 0 Å². The second kappa shape index (κ2) is 7.34. The van der Waals surface area contributed by atoms with Crippen LogP contribution in [0.1, 0.15) is 11.7 Å². The zero-order valence-corrected chi connectivity index (χ0v) is 12.4. The van der Waals surface area contributed by atoms with Crippen molar-refractivity contribution in [3.05, 3.63) is 64.4 Å². The summed E-state index contributed by atoms with van der Waals surface area (Å²) in [5.74, 6) is -2.99. The van der Waals surface area contributed by atoms with E-state index in [1.807, 2.05) is 0 Å². The summed E-state index contributed by atoms with van der Waals surface area (Å²) >= 11 is 5.53. The second-order valence-corrected chi connectivity index (χ2v) is 5.03. The minimum atomic E-state index is -1.19. The Morgan fingerprint density at radius 3 is 2.61 bits per heavy atom.